The van der Waals surface area contributed by atoms with Crippen molar-refractivity contribution in [2.24, 2.45) is 5.73 Å². The Labute approximate surface area is 110 Å². The van der Waals surface area contributed by atoms with E-state index >= 15 is 0 Å². The molecule has 0 radical (unpaired) electrons. The van der Waals surface area contributed by atoms with Gasteiger partial charge in [-0.15, -0.1) is 0 Å². The van der Waals surface area contributed by atoms with Gasteiger partial charge in [0, 0.05) is 29.8 Å². The van der Waals surface area contributed by atoms with Crippen molar-refractivity contribution in [1.29, 1.82) is 0 Å². The van der Waals surface area contributed by atoms with Gasteiger partial charge >= 0.3 is 0 Å². The Balaban J connectivity index is 3.04. The average molecular weight is 255 g/mol. The van der Waals surface area contributed by atoms with Gasteiger partial charge in [0.05, 0.1) is 0 Å². The summed E-state index contributed by atoms with van der Waals surface area (Å²) in [6.45, 7) is 6.44. The summed E-state index contributed by atoms with van der Waals surface area (Å²) in [5, 5.41) is 0.780. The van der Waals surface area contributed by atoms with Crippen molar-refractivity contribution in [3.8, 4) is 0 Å². The minimum atomic E-state index is 0.151. The summed E-state index contributed by atoms with van der Waals surface area (Å²) in [4.78, 5) is 2.30. The van der Waals surface area contributed by atoms with E-state index in [1.807, 2.05) is 19.1 Å². The molecule has 2 unspecified atom stereocenters. The number of hydrogen-bond acceptors (Lipinski definition) is 2. The number of halogens is 1. The summed E-state index contributed by atoms with van der Waals surface area (Å²) in [7, 11) is 2.13. The first kappa shape index (κ1) is 14.3. The van der Waals surface area contributed by atoms with Crippen LogP contribution in [0.1, 0.15) is 32.8 Å². The molecule has 0 aliphatic rings. The van der Waals surface area contributed by atoms with Crippen molar-refractivity contribution in [3.63, 3.8) is 0 Å². The summed E-state index contributed by atoms with van der Waals surface area (Å²) in [6, 6.07) is 6.73. The second-order valence-corrected chi connectivity index (χ2v) is 5.26. The van der Waals surface area contributed by atoms with Crippen molar-refractivity contribution in [3.05, 3.63) is 28.8 Å². The molecule has 0 spiro atoms. The third kappa shape index (κ3) is 3.90. The van der Waals surface area contributed by atoms with Crippen LogP contribution in [0.2, 0.25) is 5.02 Å². The van der Waals surface area contributed by atoms with E-state index in [0.29, 0.717) is 6.04 Å². The van der Waals surface area contributed by atoms with Gasteiger partial charge in [-0.2, -0.15) is 0 Å². The van der Waals surface area contributed by atoms with E-state index in [0.717, 1.165) is 17.9 Å². The number of benzene rings is 1. The highest BCUT2D eigenvalue weighted by Crippen LogP contribution is 2.26. The molecule has 2 nitrogen and oxygen atoms in total. The lowest BCUT2D eigenvalue weighted by atomic mass is 10.0. The summed E-state index contributed by atoms with van der Waals surface area (Å²) in [5.74, 6) is 0. The van der Waals surface area contributed by atoms with Gasteiger partial charge in [-0.25, -0.2) is 0 Å². The van der Waals surface area contributed by atoms with Crippen LogP contribution in [0.3, 0.4) is 0 Å². The van der Waals surface area contributed by atoms with Crippen LogP contribution in [0.25, 0.3) is 0 Å². The van der Waals surface area contributed by atoms with Crippen LogP contribution in [0.4, 0.5) is 5.69 Å². The third-order valence-electron chi connectivity index (χ3n) is 3.22. The summed E-state index contributed by atoms with van der Waals surface area (Å²) < 4.78 is 0. The van der Waals surface area contributed by atoms with Gasteiger partial charge in [-0.05, 0) is 50.5 Å². The average Bonchev–Trinajstić information content (AvgIpc) is 2.26. The van der Waals surface area contributed by atoms with Gasteiger partial charge < -0.3 is 10.6 Å². The highest BCUT2D eigenvalue weighted by atomic mass is 35.5. The minimum Gasteiger partial charge on any atom is -0.372 e. The molecule has 0 bridgehead atoms. The van der Waals surface area contributed by atoms with Crippen molar-refractivity contribution in [2.75, 3.05) is 11.9 Å². The zero-order valence-electron chi connectivity index (χ0n) is 11.2. The molecular weight excluding hydrogens is 232 g/mol. The SMILES string of the molecule is CCC(C)N(C)c1ccc(Cl)cc1CC(C)N. The van der Waals surface area contributed by atoms with Crippen LogP contribution in [0.15, 0.2) is 18.2 Å². The van der Waals surface area contributed by atoms with Gasteiger partial charge in [0.15, 0.2) is 0 Å². The predicted molar refractivity (Wildman–Crippen MR) is 77.0 cm³/mol. The van der Waals surface area contributed by atoms with Crippen LogP contribution in [-0.2, 0) is 6.42 Å². The van der Waals surface area contributed by atoms with E-state index in [2.05, 4.69) is 31.9 Å². The van der Waals surface area contributed by atoms with Crippen LogP contribution in [-0.4, -0.2) is 19.1 Å². The van der Waals surface area contributed by atoms with Crippen LogP contribution in [0.5, 0.6) is 0 Å². The summed E-state index contributed by atoms with van der Waals surface area (Å²) in [6.07, 6.45) is 1.98. The Hall–Kier alpha value is -0.730. The van der Waals surface area contributed by atoms with Gasteiger partial charge in [-0.1, -0.05) is 18.5 Å². The van der Waals surface area contributed by atoms with Gasteiger partial charge in [0.2, 0.25) is 0 Å². The molecule has 0 saturated heterocycles. The molecule has 0 heterocycles. The van der Waals surface area contributed by atoms with Gasteiger partial charge in [-0.3, -0.25) is 0 Å². The fraction of sp³-hybridized carbons (Fsp3) is 0.571. The van der Waals surface area contributed by atoms with Crippen LogP contribution < -0.4 is 10.6 Å². The molecule has 17 heavy (non-hydrogen) atoms. The Morgan fingerprint density at radius 3 is 2.53 bits per heavy atom. The summed E-state index contributed by atoms with van der Waals surface area (Å²) in [5.41, 5.74) is 8.36. The van der Waals surface area contributed by atoms with Crippen molar-refractivity contribution < 1.29 is 0 Å². The standard InChI is InChI=1S/C14H23ClN2/c1-5-11(3)17(4)14-7-6-13(15)9-12(14)8-10(2)16/h6-7,9-11H,5,8,16H2,1-4H3. The van der Waals surface area contributed by atoms with E-state index < -0.39 is 0 Å². The molecule has 1 aromatic rings. The second kappa shape index (κ2) is 6.27. The molecule has 0 saturated carbocycles. The Bertz CT molecular complexity index is 363. The van der Waals surface area contributed by atoms with E-state index in [-0.39, 0.29) is 6.04 Å². The molecule has 0 fully saturated rings. The van der Waals surface area contributed by atoms with Crippen LogP contribution >= 0.6 is 11.6 Å². The third-order valence-corrected chi connectivity index (χ3v) is 3.45. The maximum Gasteiger partial charge on any atom is 0.0410 e. The van der Waals surface area contributed by atoms with E-state index in [1.165, 1.54) is 11.3 Å². The molecular formula is C14H23ClN2. The molecule has 96 valence electrons. The van der Waals surface area contributed by atoms with E-state index in [9.17, 15) is 0 Å². The lowest BCUT2D eigenvalue weighted by Gasteiger charge is -2.29. The zero-order chi connectivity index (χ0) is 13.0. The highest BCUT2D eigenvalue weighted by Gasteiger charge is 2.13. The smallest absolute Gasteiger partial charge is 0.0410 e. The van der Waals surface area contributed by atoms with Crippen molar-refractivity contribution >= 4 is 17.3 Å². The fourth-order valence-electron chi connectivity index (χ4n) is 1.92. The van der Waals surface area contributed by atoms with E-state index in [1.54, 1.807) is 0 Å². The molecule has 0 aromatic heterocycles. The number of rotatable bonds is 5. The zero-order valence-corrected chi connectivity index (χ0v) is 12.0. The Morgan fingerprint density at radius 2 is 2.00 bits per heavy atom. The monoisotopic (exact) mass is 254 g/mol. The first-order valence-electron chi connectivity index (χ1n) is 6.22. The maximum atomic E-state index is 6.06. The van der Waals surface area contributed by atoms with Crippen LogP contribution in [0, 0.1) is 0 Å². The van der Waals surface area contributed by atoms with Crippen molar-refractivity contribution in [2.45, 2.75) is 45.7 Å². The fourth-order valence-corrected chi connectivity index (χ4v) is 2.11. The molecule has 3 heteroatoms. The molecule has 2 atom stereocenters. The van der Waals surface area contributed by atoms with Gasteiger partial charge in [0.1, 0.15) is 0 Å². The molecule has 0 aliphatic carbocycles. The number of hydrogen-bond donors (Lipinski definition) is 1. The second-order valence-electron chi connectivity index (χ2n) is 4.82. The van der Waals surface area contributed by atoms with Crippen molar-refractivity contribution in [1.82, 2.24) is 0 Å². The topological polar surface area (TPSA) is 29.3 Å². The maximum absolute atomic E-state index is 6.06. The number of nitrogens with two attached hydrogens (primary N) is 1. The first-order valence-corrected chi connectivity index (χ1v) is 6.60. The molecule has 1 rings (SSSR count). The Kier molecular flexibility index (Phi) is 5.29. The molecule has 1 aromatic carbocycles. The normalized spacial score (nSPS) is 14.5. The predicted octanol–water partition coefficient (Wildman–Crippen LogP) is 3.46. The first-order chi connectivity index (χ1) is 7.95. The summed E-state index contributed by atoms with van der Waals surface area (Å²) >= 11 is 6.06. The number of anilines is 1. The molecule has 0 amide bonds. The largest absolute Gasteiger partial charge is 0.372 e. The highest BCUT2D eigenvalue weighted by molar-refractivity contribution is 6.30. The lowest BCUT2D eigenvalue weighted by molar-refractivity contribution is 0.656. The van der Waals surface area contributed by atoms with Gasteiger partial charge in [0.25, 0.3) is 0 Å². The lowest BCUT2D eigenvalue weighted by Crippen LogP contribution is -2.29. The number of nitrogens with zero attached hydrogens (tertiary/aromatic N) is 1. The minimum absolute atomic E-state index is 0.151. The molecule has 0 aliphatic heterocycles. The van der Waals surface area contributed by atoms with E-state index in [4.69, 9.17) is 17.3 Å². The quantitative estimate of drug-likeness (QED) is 0.872. The molecule has 2 N–H and O–H groups in total. The Morgan fingerprint density at radius 1 is 1.35 bits per heavy atom.